The van der Waals surface area contributed by atoms with Gasteiger partial charge in [0, 0.05) is 105 Å². The van der Waals surface area contributed by atoms with Gasteiger partial charge in [-0.05, 0) is 166 Å². The normalized spacial score (nSPS) is 15.8. The number of phosphoric ester groups is 7. The van der Waals surface area contributed by atoms with Gasteiger partial charge in [-0.3, -0.25) is 64.4 Å². The van der Waals surface area contributed by atoms with E-state index in [1.807, 2.05) is 24.6 Å². The Morgan fingerprint density at radius 1 is 0.383 bits per heavy atom. The molecular weight excluding hydrogens is 1860 g/mol. The molecule has 9 unspecified atom stereocenters. The Morgan fingerprint density at radius 3 is 1.16 bits per heavy atom. The first kappa shape index (κ1) is 108. The highest BCUT2D eigenvalue weighted by molar-refractivity contribution is 8.76. The second-order valence-electron chi connectivity index (χ2n) is 29.9. The van der Waals surface area contributed by atoms with Crippen LogP contribution in [0.25, 0.3) is 66.8 Å². The topological polar surface area (TPSA) is 559 Å². The van der Waals surface area contributed by atoms with Crippen LogP contribution in [-0.4, -0.2) is 147 Å². The molecule has 8 rings (SSSR count). The fourth-order valence-corrected chi connectivity index (χ4v) is 19.9. The van der Waals surface area contributed by atoms with Gasteiger partial charge in [0.1, 0.15) is 34.2 Å². The van der Waals surface area contributed by atoms with Crippen molar-refractivity contribution in [1.29, 1.82) is 0 Å². The molecule has 2 heterocycles. The van der Waals surface area contributed by atoms with Crippen LogP contribution in [0.2, 0.25) is 0 Å². The lowest BCUT2D eigenvalue weighted by Gasteiger charge is -2.21. The number of benzene rings is 6. The summed E-state index contributed by atoms with van der Waals surface area (Å²) in [6.45, 7) is 1.06. The highest BCUT2D eigenvalue weighted by Gasteiger charge is 2.35. The van der Waals surface area contributed by atoms with E-state index < -0.39 is 118 Å². The molecule has 2 aliphatic heterocycles. The Morgan fingerprint density at radius 2 is 0.750 bits per heavy atom. The predicted octanol–water partition coefficient (Wildman–Crippen LogP) is 18.8. The van der Waals surface area contributed by atoms with Crippen LogP contribution in [0.3, 0.4) is 0 Å². The van der Waals surface area contributed by atoms with Crippen LogP contribution in [0.4, 0.5) is 0 Å². The Balaban J connectivity index is 0.794. The third-order valence-corrected chi connectivity index (χ3v) is 27.7. The van der Waals surface area contributed by atoms with Gasteiger partial charge in [-0.2, -0.15) is 0 Å². The maximum atomic E-state index is 13.7. The van der Waals surface area contributed by atoms with Gasteiger partial charge >= 0.3 is 54.8 Å². The van der Waals surface area contributed by atoms with Crippen LogP contribution < -0.4 is 21.5 Å². The molecule has 39 nitrogen and oxygen atoms in total. The number of amides is 2. The van der Waals surface area contributed by atoms with E-state index in [-0.39, 0.29) is 142 Å². The van der Waals surface area contributed by atoms with Crippen molar-refractivity contribution in [2.24, 2.45) is 17.8 Å². The van der Waals surface area contributed by atoms with Crippen LogP contribution in [0.1, 0.15) is 170 Å². The summed E-state index contributed by atoms with van der Waals surface area (Å²) < 4.78 is 169. The van der Waals surface area contributed by atoms with E-state index in [4.69, 9.17) is 45.0 Å². The summed E-state index contributed by atoms with van der Waals surface area (Å²) in [6.07, 6.45) is 9.84. The zero-order valence-electron chi connectivity index (χ0n) is 70.7. The van der Waals surface area contributed by atoms with Crippen molar-refractivity contribution < 1.29 is 164 Å². The molecule has 0 radical (unpaired) electrons. The SMILES string of the molecule is CCCCCCSSCCCCCCOP(=O)(O)OOP(=O)(O)OCC(CCCCNC(=O)c1cccc(-c2c3ccc(=O)cc-3oc3cc(O)ccc23)c1)COP(=O)(O)OCCCCCCOP(=O)(O)OCC(CCCCNC(=O)c1cccc(-c2c3ccc(=O)cc-3oc3cc(O)ccc23)c1)COP(=O)(O)OCCCOP(=O)(O)OOOP(=O)(O)OCCC(C)C. The Hall–Kier alpha value is -5.77. The molecule has 4 aliphatic rings. The quantitative estimate of drug-likeness (QED) is 0.00421. The first-order chi connectivity index (χ1) is 60.9. The molecule has 2 amide bonds. The monoisotopic (exact) mass is 1970 g/mol. The summed E-state index contributed by atoms with van der Waals surface area (Å²) >= 11 is 0. The third kappa shape index (κ3) is 39.8. The van der Waals surface area contributed by atoms with Crippen molar-refractivity contribution in [3.63, 3.8) is 0 Å². The molecule has 4 aromatic rings. The van der Waals surface area contributed by atoms with Crippen LogP contribution >= 0.6 is 76.3 Å². The second-order valence-corrected chi connectivity index (χ2v) is 42.4. The van der Waals surface area contributed by atoms with Crippen LogP contribution in [-0.2, 0) is 101 Å². The number of nitrogens with one attached hydrogen (secondary N) is 2. The van der Waals surface area contributed by atoms with Crippen molar-refractivity contribution in [2.45, 2.75) is 149 Å². The largest absolute Gasteiger partial charge is 0.508 e. The van der Waals surface area contributed by atoms with Crippen molar-refractivity contribution in [3.05, 3.63) is 153 Å². The summed E-state index contributed by atoms with van der Waals surface area (Å²) in [5, 5.41) is 31.3. The molecule has 0 saturated heterocycles. The van der Waals surface area contributed by atoms with Crippen LogP contribution in [0.5, 0.6) is 11.5 Å². The van der Waals surface area contributed by atoms with Gasteiger partial charge in [0.2, 0.25) is 0 Å². The van der Waals surface area contributed by atoms with Crippen LogP contribution in [0.15, 0.2) is 140 Å². The number of rotatable bonds is 66. The molecular formula is C80H111N2O37P7S2. The standard InChI is InChI=1S/C80H111N2O37P7S2/c1-4-5-6-18-46-127-128-47-19-10-9-17-42-106-125(99,100)118-119-126(101,102)112-57-60(24-12-14-39-82-80(88)64-28-21-26-62(49-64)78-71-35-31-67(85)52-75(71)114-76-53-68(86)32-36-72(76)78)56-110-121(91,92)104-41-16-8-7-15-40-103-120(89,90)109-54-59(55-111-122(93,94)105-43-22-44-107-123(95,96)116-115-117-124(97,98)108-45-37-58(2)3)23-11-13-38-81-79(87)63-27-20-25-61(48-63)77-69-33-29-65(83)50-73(69)113-74-51-66(84)30-34-70(74)77/h20-21,25-36,48-53,58-60,83,85H,4-19,22-24,37-47,54-57H2,1-3H3,(H,81,87)(H,82,88)(H,89,90)(H,91,92)(H,93,94)(H,95,96)(H,97,98)(H,99,100)(H,101,102). The lowest BCUT2D eigenvalue weighted by Crippen LogP contribution is -2.24. The molecule has 0 spiro atoms. The van der Waals surface area contributed by atoms with Crippen LogP contribution in [0, 0.1) is 17.8 Å². The smallest absolute Gasteiger partial charge is 0.501 e. The molecule has 0 aromatic heterocycles. The van der Waals surface area contributed by atoms with Crippen molar-refractivity contribution in [1.82, 2.24) is 10.6 Å². The Bertz CT molecular complexity index is 5260. The number of unbranched alkanes of at least 4 members (excludes halogenated alkanes) is 11. The maximum Gasteiger partial charge on any atom is 0.501 e. The average molecular weight is 1970 g/mol. The third-order valence-electron chi connectivity index (χ3n) is 19.0. The number of aromatic hydroxyl groups is 2. The van der Waals surface area contributed by atoms with E-state index in [1.165, 1.54) is 74.2 Å². The number of hydrogen-bond donors (Lipinski definition) is 11. The van der Waals surface area contributed by atoms with Gasteiger partial charge in [-0.1, -0.05) is 134 Å². The zero-order chi connectivity index (χ0) is 92.8. The van der Waals surface area contributed by atoms with E-state index in [9.17, 15) is 95.6 Å². The molecule has 4 aromatic carbocycles. The minimum atomic E-state index is -5.30. The summed E-state index contributed by atoms with van der Waals surface area (Å²) in [5.41, 5.74) is 4.17. The molecule has 2 aliphatic carbocycles. The van der Waals surface area contributed by atoms with Gasteiger partial charge in [-0.15, -0.1) is 9.35 Å². The predicted molar refractivity (Wildman–Crippen MR) is 476 cm³/mol. The average Bonchev–Trinajstić information content (AvgIpc) is 0.758. The molecule has 710 valence electrons. The van der Waals surface area contributed by atoms with Gasteiger partial charge < -0.3 is 63.9 Å². The summed E-state index contributed by atoms with van der Waals surface area (Å²) in [7, 11) is -31.3. The minimum absolute atomic E-state index is 0.0640. The highest BCUT2D eigenvalue weighted by atomic mass is 33.1. The summed E-state index contributed by atoms with van der Waals surface area (Å²) in [4.78, 5) is 124. The van der Waals surface area contributed by atoms with Gasteiger partial charge in [-0.25, -0.2) is 32.0 Å². The van der Waals surface area contributed by atoms with Gasteiger partial charge in [0.15, 0.2) is 10.9 Å². The van der Waals surface area contributed by atoms with Crippen molar-refractivity contribution in [3.8, 4) is 56.4 Å². The van der Waals surface area contributed by atoms with Crippen molar-refractivity contribution in [2.75, 3.05) is 90.7 Å². The number of carbonyl (C=O) groups is 2. The fraction of sp³-hybridized carbons (Fsp3) is 0.500. The van der Waals surface area contributed by atoms with E-state index in [0.29, 0.717) is 93.8 Å². The number of carbonyl (C=O) groups excluding carboxylic acids is 2. The molecule has 11 N–H and O–H groups in total. The number of phosphoric acid groups is 7. The van der Waals surface area contributed by atoms with E-state index >= 15 is 0 Å². The summed E-state index contributed by atoms with van der Waals surface area (Å²) in [5.74, 6) is -0.280. The first-order valence-corrected chi connectivity index (χ1v) is 54.4. The second kappa shape index (κ2) is 53.9. The lowest BCUT2D eigenvalue weighted by atomic mass is 9.92. The summed E-state index contributed by atoms with van der Waals surface area (Å²) in [6, 6.07) is 31.1. The van der Waals surface area contributed by atoms with Gasteiger partial charge in [0.05, 0.1) is 66.1 Å². The van der Waals surface area contributed by atoms with E-state index in [0.717, 1.165) is 24.3 Å². The molecule has 48 heteroatoms. The maximum absolute atomic E-state index is 13.7. The zero-order valence-corrected chi connectivity index (χ0v) is 78.6. The lowest BCUT2D eigenvalue weighted by molar-refractivity contribution is -0.427. The van der Waals surface area contributed by atoms with E-state index in [1.54, 1.807) is 83.6 Å². The minimum Gasteiger partial charge on any atom is -0.508 e. The first-order valence-electron chi connectivity index (χ1n) is 41.5. The van der Waals surface area contributed by atoms with Gasteiger partial charge in [0.25, 0.3) is 11.8 Å². The number of phenols is 2. The molecule has 9 atom stereocenters. The molecule has 0 saturated carbocycles. The Labute approximate surface area is 747 Å². The Kier molecular flexibility index (Phi) is 45.3. The molecule has 0 bridgehead atoms. The molecule has 128 heavy (non-hydrogen) atoms. The number of phenolic OH excluding ortho intramolecular Hbond substituents is 2. The van der Waals surface area contributed by atoms with E-state index in [2.05, 4.69) is 50.3 Å². The number of fused-ring (bicyclic) bond motifs is 4. The van der Waals surface area contributed by atoms with Crippen molar-refractivity contribution >= 4 is 110 Å². The fourth-order valence-electron chi connectivity index (χ4n) is 12.5. The highest BCUT2D eigenvalue weighted by Crippen LogP contribution is 2.55. The number of hydrogen-bond acceptors (Lipinski definition) is 32. The molecule has 0 fully saturated rings.